The van der Waals surface area contributed by atoms with Gasteiger partial charge in [0.1, 0.15) is 10.6 Å². The Kier molecular flexibility index (Phi) is 8.80. The number of aryl methyl sites for hydroxylation is 1. The lowest BCUT2D eigenvalue weighted by Crippen LogP contribution is -2.02. The fraction of sp³-hybridized carbons (Fsp3) is 0.455. The first-order valence-corrected chi connectivity index (χ1v) is 11.4. The molecule has 5 nitrogen and oxygen atoms in total. The molecule has 2 aromatic carbocycles. The Labute approximate surface area is 168 Å². The number of phenols is 1. The fourth-order valence-corrected chi connectivity index (χ4v) is 3.78. The minimum absolute atomic E-state index is 0.0105. The molecule has 0 saturated heterocycles. The topological polar surface area (TPSA) is 83.8 Å². The van der Waals surface area contributed by atoms with Crippen LogP contribution in [0.5, 0.6) is 17.2 Å². The summed E-state index contributed by atoms with van der Waals surface area (Å²) in [5.74, 6) is 0.0127. The molecule has 0 heterocycles. The number of benzene rings is 2. The molecular weight excluding hydrogens is 376 g/mol. The summed E-state index contributed by atoms with van der Waals surface area (Å²) in [6, 6.07) is 11.0. The molecule has 0 atom stereocenters. The van der Waals surface area contributed by atoms with Gasteiger partial charge in [-0.05, 0) is 42.7 Å². The molecule has 28 heavy (non-hydrogen) atoms. The average Bonchev–Trinajstić information content (AvgIpc) is 2.66. The quantitative estimate of drug-likeness (QED) is 0.328. The van der Waals surface area contributed by atoms with E-state index in [2.05, 4.69) is 6.92 Å². The van der Waals surface area contributed by atoms with Gasteiger partial charge in [0.25, 0.3) is 10.1 Å². The highest BCUT2D eigenvalue weighted by Crippen LogP contribution is 2.34. The van der Waals surface area contributed by atoms with Gasteiger partial charge < -0.3 is 9.84 Å². The van der Waals surface area contributed by atoms with Crippen LogP contribution in [0.2, 0.25) is 0 Å². The summed E-state index contributed by atoms with van der Waals surface area (Å²) < 4.78 is 38.7. The van der Waals surface area contributed by atoms with Gasteiger partial charge in [0.05, 0.1) is 0 Å². The van der Waals surface area contributed by atoms with Crippen LogP contribution in [0.3, 0.4) is 0 Å². The normalized spacial score (nSPS) is 11.5. The number of hydrogen-bond acceptors (Lipinski definition) is 4. The zero-order chi connectivity index (χ0) is 20.4. The molecule has 0 unspecified atom stereocenters. The van der Waals surface area contributed by atoms with Gasteiger partial charge in [-0.2, -0.15) is 8.42 Å². The highest BCUT2D eigenvalue weighted by Gasteiger charge is 2.19. The third kappa shape index (κ3) is 7.17. The van der Waals surface area contributed by atoms with Crippen LogP contribution in [-0.4, -0.2) is 18.1 Å². The Morgan fingerprint density at radius 1 is 0.857 bits per heavy atom. The molecule has 0 aliphatic rings. The van der Waals surface area contributed by atoms with Crippen LogP contribution in [0.1, 0.15) is 63.9 Å². The van der Waals surface area contributed by atoms with Crippen molar-refractivity contribution >= 4 is 10.1 Å². The van der Waals surface area contributed by atoms with Crippen LogP contribution < -0.4 is 4.74 Å². The predicted molar refractivity (Wildman–Crippen MR) is 111 cm³/mol. The molecule has 154 valence electrons. The number of unbranched alkanes of at least 4 members (excludes halogenated alkanes) is 7. The fourth-order valence-electron chi connectivity index (χ4n) is 3.12. The summed E-state index contributed by atoms with van der Waals surface area (Å²) in [5, 5.41) is 9.82. The number of aromatic hydroxyl groups is 1. The van der Waals surface area contributed by atoms with E-state index in [1.165, 1.54) is 62.8 Å². The molecule has 0 amide bonds. The molecule has 0 aromatic heterocycles. The number of para-hydroxylation sites is 2. The van der Waals surface area contributed by atoms with Gasteiger partial charge in [-0.3, -0.25) is 4.55 Å². The lowest BCUT2D eigenvalue weighted by Gasteiger charge is -2.12. The molecule has 2 rings (SSSR count). The first-order valence-electron chi connectivity index (χ1n) is 9.98. The molecule has 0 bridgehead atoms. The van der Waals surface area contributed by atoms with Crippen LogP contribution in [0.25, 0.3) is 0 Å². The van der Waals surface area contributed by atoms with Gasteiger partial charge in [0.2, 0.25) is 0 Å². The summed E-state index contributed by atoms with van der Waals surface area (Å²) in [6.45, 7) is 2.21. The predicted octanol–water partition coefficient (Wildman–Crippen LogP) is 6.11. The minimum Gasteiger partial charge on any atom is -0.504 e. The monoisotopic (exact) mass is 406 g/mol. The molecule has 0 fully saturated rings. The van der Waals surface area contributed by atoms with Crippen LogP contribution in [0.15, 0.2) is 47.4 Å². The summed E-state index contributed by atoms with van der Waals surface area (Å²) in [4.78, 5) is -0.284. The second-order valence-electron chi connectivity index (χ2n) is 7.05. The maximum atomic E-state index is 11.8. The van der Waals surface area contributed by atoms with E-state index in [1.54, 1.807) is 18.2 Å². The van der Waals surface area contributed by atoms with E-state index in [1.807, 2.05) is 0 Å². The van der Waals surface area contributed by atoms with Crippen molar-refractivity contribution in [2.75, 3.05) is 0 Å². The third-order valence-electron chi connectivity index (χ3n) is 4.69. The zero-order valence-electron chi connectivity index (χ0n) is 16.4. The van der Waals surface area contributed by atoms with Crippen molar-refractivity contribution in [3.05, 3.63) is 48.0 Å². The Morgan fingerprint density at radius 3 is 2.14 bits per heavy atom. The van der Waals surface area contributed by atoms with E-state index < -0.39 is 10.1 Å². The SMILES string of the molecule is CCCCCCCCCCc1ccc(Oc2ccccc2O)c(S(=O)(=O)O)c1. The van der Waals surface area contributed by atoms with Crippen molar-refractivity contribution in [3.8, 4) is 17.2 Å². The smallest absolute Gasteiger partial charge is 0.298 e. The molecule has 2 aromatic rings. The maximum Gasteiger partial charge on any atom is 0.298 e. The van der Waals surface area contributed by atoms with Crippen LogP contribution in [-0.2, 0) is 16.5 Å². The number of rotatable bonds is 12. The largest absolute Gasteiger partial charge is 0.504 e. The molecule has 0 aliphatic carbocycles. The maximum absolute atomic E-state index is 11.8. The van der Waals surface area contributed by atoms with Gasteiger partial charge >= 0.3 is 0 Å². The van der Waals surface area contributed by atoms with Gasteiger partial charge in [-0.25, -0.2) is 0 Å². The van der Waals surface area contributed by atoms with Crippen molar-refractivity contribution in [1.29, 1.82) is 0 Å². The number of phenolic OH excluding ortho intramolecular Hbond substituents is 1. The molecule has 6 heteroatoms. The van der Waals surface area contributed by atoms with Crippen LogP contribution in [0.4, 0.5) is 0 Å². The Bertz CT molecular complexity index is 846. The number of hydrogen-bond donors (Lipinski definition) is 2. The van der Waals surface area contributed by atoms with Crippen molar-refractivity contribution in [2.45, 2.75) is 69.6 Å². The highest BCUT2D eigenvalue weighted by atomic mass is 32.2. The molecule has 0 spiro atoms. The van der Waals surface area contributed by atoms with Gasteiger partial charge in [0.15, 0.2) is 11.5 Å². The molecule has 0 aliphatic heterocycles. The first-order chi connectivity index (χ1) is 13.4. The summed E-state index contributed by atoms with van der Waals surface area (Å²) in [6.07, 6.45) is 10.4. The van der Waals surface area contributed by atoms with E-state index in [0.29, 0.717) is 0 Å². The van der Waals surface area contributed by atoms with E-state index >= 15 is 0 Å². The lowest BCUT2D eigenvalue weighted by molar-refractivity contribution is 0.402. The van der Waals surface area contributed by atoms with Crippen molar-refractivity contribution in [2.24, 2.45) is 0 Å². The lowest BCUT2D eigenvalue weighted by atomic mass is 10.0. The van der Waals surface area contributed by atoms with Crippen molar-refractivity contribution in [3.63, 3.8) is 0 Å². The van der Waals surface area contributed by atoms with E-state index in [-0.39, 0.29) is 22.1 Å². The van der Waals surface area contributed by atoms with E-state index in [0.717, 1.165) is 24.8 Å². The number of ether oxygens (including phenoxy) is 1. The highest BCUT2D eigenvalue weighted by molar-refractivity contribution is 7.86. The Morgan fingerprint density at radius 2 is 1.50 bits per heavy atom. The van der Waals surface area contributed by atoms with E-state index in [4.69, 9.17) is 4.74 Å². The molecule has 0 saturated carbocycles. The second-order valence-corrected chi connectivity index (χ2v) is 8.44. The standard InChI is InChI=1S/C22H30O5S/c1-2-3-4-5-6-7-8-9-12-18-15-16-21(22(17-18)28(24,25)26)27-20-14-11-10-13-19(20)23/h10-11,13-17,23H,2-9,12H2,1H3,(H,24,25,26). The van der Waals surface area contributed by atoms with Gasteiger partial charge in [-0.15, -0.1) is 0 Å². The van der Waals surface area contributed by atoms with Crippen LogP contribution >= 0.6 is 0 Å². The van der Waals surface area contributed by atoms with E-state index in [9.17, 15) is 18.1 Å². The minimum atomic E-state index is -4.44. The molecule has 2 N–H and O–H groups in total. The van der Waals surface area contributed by atoms with Crippen molar-refractivity contribution < 1.29 is 22.8 Å². The Balaban J connectivity index is 1.97. The second kappa shape index (κ2) is 11.1. The molecule has 0 radical (unpaired) electrons. The van der Waals surface area contributed by atoms with Crippen molar-refractivity contribution in [1.82, 2.24) is 0 Å². The first kappa shape index (κ1) is 22.2. The zero-order valence-corrected chi connectivity index (χ0v) is 17.2. The third-order valence-corrected chi connectivity index (χ3v) is 5.57. The summed E-state index contributed by atoms with van der Waals surface area (Å²) >= 11 is 0. The summed E-state index contributed by atoms with van der Waals surface area (Å²) in [7, 11) is -4.44. The van der Waals surface area contributed by atoms with Crippen LogP contribution in [0, 0.1) is 0 Å². The van der Waals surface area contributed by atoms with Gasteiger partial charge in [-0.1, -0.05) is 70.1 Å². The average molecular weight is 407 g/mol. The summed E-state index contributed by atoms with van der Waals surface area (Å²) in [5.41, 5.74) is 0.836. The Hall–Kier alpha value is -2.05. The molecular formula is C22H30O5S. The van der Waals surface area contributed by atoms with Gasteiger partial charge in [0, 0.05) is 0 Å².